The Morgan fingerprint density at radius 2 is 1.86 bits per heavy atom. The zero-order chi connectivity index (χ0) is 30.1. The largest absolute Gasteiger partial charge is 0.481 e. The molecule has 1 N–H and O–H groups in total. The number of carboxylic acid groups (broad SMARTS) is 1. The van der Waals surface area contributed by atoms with Crippen LogP contribution >= 0.6 is 0 Å². The zero-order valence-electron chi connectivity index (χ0n) is 27.4. The van der Waals surface area contributed by atoms with Crippen molar-refractivity contribution in [3.05, 3.63) is 11.6 Å². The maximum atomic E-state index is 14.1. The van der Waals surface area contributed by atoms with Gasteiger partial charge in [-0.2, -0.15) is 0 Å². The van der Waals surface area contributed by atoms with Gasteiger partial charge in [0.15, 0.2) is 0 Å². The molecule has 6 heteroatoms. The molecule has 6 fully saturated rings. The fourth-order valence-electron chi connectivity index (χ4n) is 12.8. The molecule has 0 spiro atoms. The number of rotatable bonds is 8. The Bertz CT molecular complexity index is 1120. The Hall–Kier alpha value is -1.24. The Balaban J connectivity index is 1.28. The highest BCUT2D eigenvalue weighted by Crippen LogP contribution is 2.84. The highest BCUT2D eigenvalue weighted by atomic mass is 16.5. The number of allylic oxidation sites excluding steroid dienone is 1. The van der Waals surface area contributed by atoms with E-state index in [1.807, 2.05) is 0 Å². The first-order valence-corrected chi connectivity index (χ1v) is 18.2. The number of aliphatic carboxylic acids is 1. The lowest BCUT2D eigenvalue weighted by Gasteiger charge is -2.60. The van der Waals surface area contributed by atoms with Crippen LogP contribution in [0.2, 0.25) is 0 Å². The number of aldehydes is 1. The van der Waals surface area contributed by atoms with Crippen LogP contribution in [0.5, 0.6) is 0 Å². The topological polar surface area (TPSA) is 70.1 Å². The minimum Gasteiger partial charge on any atom is -0.481 e. The minimum atomic E-state index is -1.13. The Labute approximate surface area is 260 Å². The molecule has 0 aromatic carbocycles. The molecule has 43 heavy (non-hydrogen) atoms. The molecule has 0 aromatic rings. The number of nitrogens with zero attached hydrogens (tertiary/aromatic N) is 2. The second-order valence-corrected chi connectivity index (χ2v) is 16.7. The van der Waals surface area contributed by atoms with Gasteiger partial charge in [-0.05, 0) is 100 Å². The molecule has 0 aromatic heterocycles. The normalized spacial score (nSPS) is 47.1. The Kier molecular flexibility index (Phi) is 7.94. The number of carbonyl (C=O) groups excluding carboxylic acids is 1. The standard InChI is InChI=1S/C37H58N2O4/c1-24(2)31-19-28-20-35(23-40)30-12-11-25(3)29(30)21-36(28,37(31,35)34(41)42)33-18-27(17-26-9-6-5-7-10-26)32(43-33)22-39-14-8-13-38(4)15-16-39/h19,23-30,32-33H,5-18,20-22H2,1-4H3,(H,41,42)/t25-,27-,28?,29-,30-,32+,33-,35?,36?,37?/m1/s1. The van der Waals surface area contributed by atoms with E-state index in [0.717, 1.165) is 69.9 Å². The summed E-state index contributed by atoms with van der Waals surface area (Å²) in [4.78, 5) is 32.8. The molecule has 240 valence electrons. The van der Waals surface area contributed by atoms with Crippen molar-refractivity contribution in [2.45, 2.75) is 110 Å². The van der Waals surface area contributed by atoms with Gasteiger partial charge in [0, 0.05) is 25.0 Å². The van der Waals surface area contributed by atoms with Gasteiger partial charge in [0.05, 0.1) is 17.6 Å². The molecule has 6 nitrogen and oxygen atoms in total. The lowest BCUT2D eigenvalue weighted by Crippen LogP contribution is -2.65. The van der Waals surface area contributed by atoms with Crippen LogP contribution in [0.4, 0.5) is 0 Å². The molecule has 0 radical (unpaired) electrons. The first-order valence-electron chi connectivity index (χ1n) is 18.2. The lowest BCUT2D eigenvalue weighted by molar-refractivity contribution is -0.197. The maximum absolute atomic E-state index is 14.1. The van der Waals surface area contributed by atoms with Crippen molar-refractivity contribution in [1.29, 1.82) is 0 Å². The zero-order valence-corrected chi connectivity index (χ0v) is 27.4. The number of likely N-dealkylation sites (N-methyl/N-ethyl adjacent to an activating group) is 1. The van der Waals surface area contributed by atoms with Crippen molar-refractivity contribution in [3.63, 3.8) is 0 Å². The molecule has 0 amide bonds. The molecular weight excluding hydrogens is 536 g/mol. The van der Waals surface area contributed by atoms with Gasteiger partial charge in [0.25, 0.3) is 0 Å². The molecule has 10 atom stereocenters. The van der Waals surface area contributed by atoms with Crippen LogP contribution in [0.25, 0.3) is 0 Å². The van der Waals surface area contributed by atoms with Crippen LogP contribution in [0.3, 0.4) is 0 Å². The van der Waals surface area contributed by atoms with Crippen LogP contribution in [0.15, 0.2) is 11.6 Å². The predicted molar refractivity (Wildman–Crippen MR) is 169 cm³/mol. The van der Waals surface area contributed by atoms with E-state index >= 15 is 0 Å². The van der Waals surface area contributed by atoms with Gasteiger partial charge >= 0.3 is 5.97 Å². The predicted octanol–water partition coefficient (Wildman–Crippen LogP) is 6.29. The van der Waals surface area contributed by atoms with Gasteiger partial charge in [-0.3, -0.25) is 9.69 Å². The molecule has 4 bridgehead atoms. The van der Waals surface area contributed by atoms with Crippen LogP contribution in [0.1, 0.15) is 97.8 Å². The highest BCUT2D eigenvalue weighted by molar-refractivity contribution is 5.90. The van der Waals surface area contributed by atoms with E-state index in [9.17, 15) is 14.7 Å². The lowest BCUT2D eigenvalue weighted by atomic mass is 9.41. The van der Waals surface area contributed by atoms with Crippen molar-refractivity contribution >= 4 is 12.3 Å². The number of hydrogen-bond donors (Lipinski definition) is 1. The van der Waals surface area contributed by atoms with E-state index in [1.54, 1.807) is 0 Å². The monoisotopic (exact) mass is 594 g/mol. The van der Waals surface area contributed by atoms with E-state index in [4.69, 9.17) is 4.74 Å². The smallest absolute Gasteiger partial charge is 0.315 e. The van der Waals surface area contributed by atoms with Crippen molar-refractivity contribution in [2.75, 3.05) is 39.8 Å². The number of fused-ring (bicyclic) bond motifs is 2. The Morgan fingerprint density at radius 3 is 2.58 bits per heavy atom. The van der Waals surface area contributed by atoms with Crippen molar-refractivity contribution < 1.29 is 19.4 Å². The minimum absolute atomic E-state index is 0.0927. The summed E-state index contributed by atoms with van der Waals surface area (Å²) in [7, 11) is 2.23. The molecule has 4 unspecified atom stereocenters. The van der Waals surface area contributed by atoms with Crippen molar-refractivity contribution in [2.24, 2.45) is 57.7 Å². The summed E-state index contributed by atoms with van der Waals surface area (Å²) < 4.78 is 7.44. The molecular formula is C37H58N2O4. The second-order valence-electron chi connectivity index (χ2n) is 16.7. The van der Waals surface area contributed by atoms with Crippen molar-refractivity contribution in [3.8, 4) is 0 Å². The summed E-state index contributed by atoms with van der Waals surface area (Å²) in [6.07, 6.45) is 17.5. The van der Waals surface area contributed by atoms with Gasteiger partial charge in [0.2, 0.25) is 0 Å². The van der Waals surface area contributed by atoms with Crippen LogP contribution in [-0.2, 0) is 14.3 Å². The summed E-state index contributed by atoms with van der Waals surface area (Å²) in [5.41, 5.74) is -1.40. The number of hydrogen-bond acceptors (Lipinski definition) is 5. The van der Waals surface area contributed by atoms with Gasteiger partial charge in [-0.25, -0.2) is 0 Å². The summed E-state index contributed by atoms with van der Waals surface area (Å²) in [6.45, 7) is 12.1. The van der Waals surface area contributed by atoms with E-state index in [0.29, 0.717) is 24.2 Å². The van der Waals surface area contributed by atoms with Crippen molar-refractivity contribution in [1.82, 2.24) is 9.80 Å². The Morgan fingerprint density at radius 1 is 1.07 bits per heavy atom. The van der Waals surface area contributed by atoms with Crippen LogP contribution in [0, 0.1) is 57.7 Å². The van der Waals surface area contributed by atoms with Crippen LogP contribution < -0.4 is 0 Å². The third kappa shape index (κ3) is 4.27. The van der Waals surface area contributed by atoms with Gasteiger partial charge < -0.3 is 19.5 Å². The molecule has 2 aliphatic heterocycles. The number of ether oxygens (including phenoxy) is 1. The first kappa shape index (κ1) is 30.4. The SMILES string of the molecule is CC(C)C1=CC2CC3(C=O)[C@@H]4CC[C@@H](C)[C@H]4CC2([C@H]2C[C@@H](CC4CCCCC4)[C@H](CN4CCCN(C)CC4)O2)C13C(=O)O. The van der Waals surface area contributed by atoms with E-state index in [1.165, 1.54) is 51.2 Å². The molecule has 5 aliphatic carbocycles. The molecule has 2 saturated heterocycles. The third-order valence-corrected chi connectivity index (χ3v) is 14.6. The number of carbonyl (C=O) groups is 2. The fraction of sp³-hybridized carbons (Fsp3) is 0.892. The molecule has 7 rings (SSSR count). The van der Waals surface area contributed by atoms with Gasteiger partial charge in [-0.1, -0.05) is 70.9 Å². The average Bonchev–Trinajstić information content (AvgIpc) is 3.64. The van der Waals surface area contributed by atoms with E-state index < -0.39 is 22.2 Å². The summed E-state index contributed by atoms with van der Waals surface area (Å²) in [5.74, 6) is 1.89. The molecule has 7 aliphatic rings. The summed E-state index contributed by atoms with van der Waals surface area (Å²) >= 11 is 0. The first-order chi connectivity index (χ1) is 20.7. The molecule has 2 heterocycles. The summed E-state index contributed by atoms with van der Waals surface area (Å²) in [5, 5.41) is 11.6. The van der Waals surface area contributed by atoms with E-state index in [2.05, 4.69) is 43.7 Å². The quantitative estimate of drug-likeness (QED) is 0.263. The van der Waals surface area contributed by atoms with Crippen LogP contribution in [-0.4, -0.2) is 79.1 Å². The second kappa shape index (κ2) is 11.2. The average molecular weight is 595 g/mol. The third-order valence-electron chi connectivity index (χ3n) is 14.6. The fourth-order valence-corrected chi connectivity index (χ4v) is 12.8. The van der Waals surface area contributed by atoms with Gasteiger partial charge in [-0.15, -0.1) is 0 Å². The van der Waals surface area contributed by atoms with Gasteiger partial charge in [0.1, 0.15) is 11.7 Å². The summed E-state index contributed by atoms with van der Waals surface area (Å²) in [6, 6.07) is 0. The number of carboxylic acids is 1. The maximum Gasteiger partial charge on any atom is 0.315 e. The highest BCUT2D eigenvalue weighted by Gasteiger charge is 2.86. The van der Waals surface area contributed by atoms with E-state index in [-0.39, 0.29) is 30.0 Å². The molecule has 4 saturated carbocycles.